The number of nitrogens with zero attached hydrogens (tertiary/aromatic N) is 2. The van der Waals surface area contributed by atoms with Crippen molar-refractivity contribution in [2.75, 3.05) is 5.32 Å². The fraction of sp³-hybridized carbons (Fsp3) is 0.118. The molecule has 2 aromatic carbocycles. The van der Waals surface area contributed by atoms with Gasteiger partial charge in [-0.2, -0.15) is 5.10 Å². The highest BCUT2D eigenvalue weighted by molar-refractivity contribution is 5.91. The molecule has 0 aliphatic heterocycles. The van der Waals surface area contributed by atoms with Gasteiger partial charge in [0.15, 0.2) is 0 Å². The number of carbonyl (C=O) groups is 1. The summed E-state index contributed by atoms with van der Waals surface area (Å²) in [6.45, 7) is 1.62. The average molecular weight is 309 g/mol. The number of nitrogens with one attached hydrogen (secondary N) is 1. The minimum atomic E-state index is -0.386. The van der Waals surface area contributed by atoms with Crippen molar-refractivity contribution in [1.82, 2.24) is 9.78 Å². The number of phenols is 1. The van der Waals surface area contributed by atoms with Gasteiger partial charge in [0, 0.05) is 17.1 Å². The number of phenolic OH excluding ortho intramolecular Hbond substituents is 1. The SMILES string of the molecule is Cc1ccc(O)cc1NC(=O)Cn1ncc2ccccc2c1=O. The van der Waals surface area contributed by atoms with Gasteiger partial charge in [-0.15, -0.1) is 0 Å². The van der Waals surface area contributed by atoms with Gasteiger partial charge in [-0.3, -0.25) is 9.59 Å². The quantitative estimate of drug-likeness (QED) is 0.775. The maximum absolute atomic E-state index is 12.3. The number of anilines is 1. The summed E-state index contributed by atoms with van der Waals surface area (Å²) < 4.78 is 1.12. The molecule has 1 amide bonds. The van der Waals surface area contributed by atoms with E-state index in [-0.39, 0.29) is 23.8 Å². The molecule has 116 valence electrons. The van der Waals surface area contributed by atoms with Crippen molar-refractivity contribution in [2.24, 2.45) is 0 Å². The van der Waals surface area contributed by atoms with E-state index in [0.717, 1.165) is 15.6 Å². The third-order valence-electron chi connectivity index (χ3n) is 3.55. The van der Waals surface area contributed by atoms with Crippen LogP contribution in [0.25, 0.3) is 10.8 Å². The predicted octanol–water partition coefficient (Wildman–Crippen LogP) is 2.05. The summed E-state index contributed by atoms with van der Waals surface area (Å²) in [5, 5.41) is 17.4. The maximum atomic E-state index is 12.3. The summed E-state index contributed by atoms with van der Waals surface area (Å²) in [6, 6.07) is 11.8. The molecule has 0 aliphatic carbocycles. The molecular weight excluding hydrogens is 294 g/mol. The zero-order valence-corrected chi connectivity index (χ0v) is 12.5. The Morgan fingerprint density at radius 2 is 2.04 bits per heavy atom. The van der Waals surface area contributed by atoms with Crippen LogP contribution in [0.5, 0.6) is 5.75 Å². The van der Waals surface area contributed by atoms with E-state index in [1.807, 2.05) is 13.0 Å². The lowest BCUT2D eigenvalue weighted by molar-refractivity contribution is -0.117. The summed E-state index contributed by atoms with van der Waals surface area (Å²) in [7, 11) is 0. The van der Waals surface area contributed by atoms with Crippen LogP contribution >= 0.6 is 0 Å². The molecule has 3 aromatic rings. The first-order valence-corrected chi connectivity index (χ1v) is 7.09. The summed E-state index contributed by atoms with van der Waals surface area (Å²) in [6.07, 6.45) is 1.56. The normalized spacial score (nSPS) is 10.7. The number of rotatable bonds is 3. The fourth-order valence-electron chi connectivity index (χ4n) is 2.31. The second-order valence-corrected chi connectivity index (χ2v) is 5.24. The molecule has 23 heavy (non-hydrogen) atoms. The van der Waals surface area contributed by atoms with Gasteiger partial charge in [0.25, 0.3) is 5.56 Å². The van der Waals surface area contributed by atoms with Crippen molar-refractivity contribution in [3.8, 4) is 5.75 Å². The number of hydrogen-bond donors (Lipinski definition) is 2. The lowest BCUT2D eigenvalue weighted by atomic mass is 10.2. The Hall–Kier alpha value is -3.15. The summed E-state index contributed by atoms with van der Waals surface area (Å²) in [5.41, 5.74) is 1.00. The maximum Gasteiger partial charge on any atom is 0.275 e. The topological polar surface area (TPSA) is 84.2 Å². The van der Waals surface area contributed by atoms with Gasteiger partial charge in [-0.25, -0.2) is 4.68 Å². The van der Waals surface area contributed by atoms with E-state index in [2.05, 4.69) is 10.4 Å². The smallest absolute Gasteiger partial charge is 0.275 e. The number of carbonyl (C=O) groups excluding carboxylic acids is 1. The molecule has 0 bridgehead atoms. The van der Waals surface area contributed by atoms with Crippen LogP contribution in [0.2, 0.25) is 0 Å². The molecule has 0 spiro atoms. The van der Waals surface area contributed by atoms with Crippen LogP contribution in [0.3, 0.4) is 0 Å². The zero-order chi connectivity index (χ0) is 16.4. The monoisotopic (exact) mass is 309 g/mol. The highest BCUT2D eigenvalue weighted by Crippen LogP contribution is 2.20. The van der Waals surface area contributed by atoms with Gasteiger partial charge < -0.3 is 10.4 Å². The van der Waals surface area contributed by atoms with Crippen LogP contribution in [0, 0.1) is 6.92 Å². The van der Waals surface area contributed by atoms with Gasteiger partial charge in [0.2, 0.25) is 5.91 Å². The van der Waals surface area contributed by atoms with E-state index < -0.39 is 0 Å². The van der Waals surface area contributed by atoms with Crippen molar-refractivity contribution >= 4 is 22.4 Å². The number of amides is 1. The second-order valence-electron chi connectivity index (χ2n) is 5.24. The molecule has 0 atom stereocenters. The first-order valence-electron chi connectivity index (χ1n) is 7.09. The fourth-order valence-corrected chi connectivity index (χ4v) is 2.31. The Morgan fingerprint density at radius 1 is 1.26 bits per heavy atom. The Bertz CT molecular complexity index is 947. The predicted molar refractivity (Wildman–Crippen MR) is 87.5 cm³/mol. The van der Waals surface area contributed by atoms with Crippen LogP contribution in [-0.2, 0) is 11.3 Å². The van der Waals surface area contributed by atoms with Crippen LogP contribution in [0.1, 0.15) is 5.56 Å². The molecule has 6 heteroatoms. The molecule has 0 radical (unpaired) electrons. The van der Waals surface area contributed by atoms with Crippen LogP contribution < -0.4 is 10.9 Å². The molecule has 0 aliphatic rings. The highest BCUT2D eigenvalue weighted by atomic mass is 16.3. The molecule has 0 fully saturated rings. The van der Waals surface area contributed by atoms with E-state index in [1.165, 1.54) is 6.07 Å². The molecule has 1 aromatic heterocycles. The van der Waals surface area contributed by atoms with Crippen LogP contribution in [0.4, 0.5) is 5.69 Å². The van der Waals surface area contributed by atoms with Crippen molar-refractivity contribution in [3.05, 3.63) is 64.6 Å². The third-order valence-corrected chi connectivity index (χ3v) is 3.55. The van der Waals surface area contributed by atoms with E-state index >= 15 is 0 Å². The summed E-state index contributed by atoms with van der Waals surface area (Å²) in [5.74, 6) is -0.324. The summed E-state index contributed by atoms with van der Waals surface area (Å²) in [4.78, 5) is 24.5. The Balaban J connectivity index is 1.84. The van der Waals surface area contributed by atoms with E-state index in [4.69, 9.17) is 0 Å². The van der Waals surface area contributed by atoms with Crippen LogP contribution in [-0.4, -0.2) is 20.8 Å². The number of aromatic nitrogens is 2. The van der Waals surface area contributed by atoms with Gasteiger partial charge >= 0.3 is 0 Å². The Kier molecular flexibility index (Phi) is 3.80. The van der Waals surface area contributed by atoms with Gasteiger partial charge in [-0.05, 0) is 24.6 Å². The number of aryl methyl sites for hydroxylation is 1. The summed E-state index contributed by atoms with van der Waals surface area (Å²) >= 11 is 0. The lowest BCUT2D eigenvalue weighted by Gasteiger charge is -2.10. The van der Waals surface area contributed by atoms with Gasteiger partial charge in [0.05, 0.1) is 11.6 Å². The molecule has 0 saturated heterocycles. The third kappa shape index (κ3) is 3.06. The van der Waals surface area contributed by atoms with Crippen molar-refractivity contribution < 1.29 is 9.90 Å². The Labute approximate surface area is 132 Å². The molecule has 2 N–H and O–H groups in total. The number of benzene rings is 2. The average Bonchev–Trinajstić information content (AvgIpc) is 2.54. The number of aromatic hydroxyl groups is 1. The Morgan fingerprint density at radius 3 is 2.87 bits per heavy atom. The van der Waals surface area contributed by atoms with E-state index in [9.17, 15) is 14.7 Å². The first kappa shape index (κ1) is 14.8. The van der Waals surface area contributed by atoms with E-state index in [0.29, 0.717) is 11.1 Å². The van der Waals surface area contributed by atoms with Crippen molar-refractivity contribution in [2.45, 2.75) is 13.5 Å². The van der Waals surface area contributed by atoms with E-state index in [1.54, 1.807) is 36.5 Å². The van der Waals surface area contributed by atoms with Gasteiger partial charge in [-0.1, -0.05) is 24.3 Å². The minimum Gasteiger partial charge on any atom is -0.508 e. The molecule has 0 unspecified atom stereocenters. The van der Waals surface area contributed by atoms with Gasteiger partial charge in [0.1, 0.15) is 12.3 Å². The number of hydrogen-bond acceptors (Lipinski definition) is 4. The lowest BCUT2D eigenvalue weighted by Crippen LogP contribution is -2.29. The van der Waals surface area contributed by atoms with Crippen molar-refractivity contribution in [3.63, 3.8) is 0 Å². The molecule has 6 nitrogen and oxygen atoms in total. The highest BCUT2D eigenvalue weighted by Gasteiger charge is 2.10. The molecule has 3 rings (SSSR count). The largest absolute Gasteiger partial charge is 0.508 e. The molecule has 1 heterocycles. The van der Waals surface area contributed by atoms with Crippen LogP contribution in [0.15, 0.2) is 53.5 Å². The molecular formula is C17H15N3O3. The minimum absolute atomic E-state index is 0.0619. The van der Waals surface area contributed by atoms with Crippen molar-refractivity contribution in [1.29, 1.82) is 0 Å². The molecule has 0 saturated carbocycles. The standard InChI is InChI=1S/C17H15N3O3/c1-11-6-7-13(21)8-15(11)19-16(22)10-20-17(23)14-5-3-2-4-12(14)9-18-20/h2-9,21H,10H2,1H3,(H,19,22). The second kappa shape index (κ2) is 5.92. The number of fused-ring (bicyclic) bond motifs is 1. The zero-order valence-electron chi connectivity index (χ0n) is 12.5. The first-order chi connectivity index (χ1) is 11.0.